The number of benzene rings is 1. The summed E-state index contributed by atoms with van der Waals surface area (Å²) in [6.07, 6.45) is 2.37. The minimum atomic E-state index is -3.63. The summed E-state index contributed by atoms with van der Waals surface area (Å²) in [7, 11) is -0.691. The van der Waals surface area contributed by atoms with E-state index in [1.54, 1.807) is 19.9 Å². The molecule has 1 N–H and O–H groups in total. The lowest BCUT2D eigenvalue weighted by Crippen LogP contribution is -2.28. The lowest BCUT2D eigenvalue weighted by atomic mass is 10.1. The standard InChI is InChI=1S/C19H23N5O3S/c1-13-11-15(12-16(14(13)2)28(26,27)23(3)4)19(25)20-9-8-18-22-21-17-7-5-6-10-24(17)18/h5-7,10-12H,8-9H2,1-4H3,(H,20,25). The van der Waals surface area contributed by atoms with Gasteiger partial charge in [0, 0.05) is 38.8 Å². The Morgan fingerprint density at radius 3 is 2.64 bits per heavy atom. The van der Waals surface area contributed by atoms with Crippen molar-refractivity contribution in [2.24, 2.45) is 0 Å². The van der Waals surface area contributed by atoms with Crippen molar-refractivity contribution in [3.63, 3.8) is 0 Å². The van der Waals surface area contributed by atoms with Gasteiger partial charge in [0.2, 0.25) is 10.0 Å². The van der Waals surface area contributed by atoms with Gasteiger partial charge in [0.25, 0.3) is 5.91 Å². The highest BCUT2D eigenvalue weighted by Gasteiger charge is 2.23. The molecule has 0 unspecified atom stereocenters. The molecule has 0 saturated carbocycles. The minimum Gasteiger partial charge on any atom is -0.352 e. The fourth-order valence-corrected chi connectivity index (χ4v) is 4.09. The number of nitrogens with zero attached hydrogens (tertiary/aromatic N) is 4. The maximum Gasteiger partial charge on any atom is 0.251 e. The molecule has 8 nitrogen and oxygen atoms in total. The Hall–Kier alpha value is -2.78. The van der Waals surface area contributed by atoms with E-state index >= 15 is 0 Å². The summed E-state index contributed by atoms with van der Waals surface area (Å²) in [4.78, 5) is 12.7. The number of rotatable bonds is 6. The molecule has 0 spiro atoms. The molecule has 3 aromatic rings. The molecule has 0 saturated heterocycles. The molecule has 148 valence electrons. The number of hydrogen-bond acceptors (Lipinski definition) is 5. The molecule has 0 bridgehead atoms. The smallest absolute Gasteiger partial charge is 0.251 e. The molecule has 0 radical (unpaired) electrons. The number of amides is 1. The van der Waals surface area contributed by atoms with Gasteiger partial charge in [-0.2, -0.15) is 0 Å². The fraction of sp³-hybridized carbons (Fsp3) is 0.316. The zero-order valence-electron chi connectivity index (χ0n) is 16.3. The van der Waals surface area contributed by atoms with Crippen molar-refractivity contribution >= 4 is 21.6 Å². The maximum absolute atomic E-state index is 12.6. The molecule has 2 heterocycles. The Morgan fingerprint density at radius 2 is 1.93 bits per heavy atom. The Kier molecular flexibility index (Phi) is 5.48. The van der Waals surface area contributed by atoms with Crippen molar-refractivity contribution in [3.8, 4) is 0 Å². The van der Waals surface area contributed by atoms with Crippen LogP contribution in [0.15, 0.2) is 41.4 Å². The number of aromatic nitrogens is 3. The minimum absolute atomic E-state index is 0.145. The molecule has 1 aromatic carbocycles. The van der Waals surface area contributed by atoms with Crippen LogP contribution in [0.25, 0.3) is 5.65 Å². The van der Waals surface area contributed by atoms with E-state index in [1.165, 1.54) is 20.2 Å². The van der Waals surface area contributed by atoms with Gasteiger partial charge in [-0.3, -0.25) is 9.20 Å². The highest BCUT2D eigenvalue weighted by molar-refractivity contribution is 7.89. The first-order chi connectivity index (χ1) is 13.2. The second kappa shape index (κ2) is 7.69. The lowest BCUT2D eigenvalue weighted by Gasteiger charge is -2.16. The number of aryl methyl sites for hydroxylation is 1. The summed E-state index contributed by atoms with van der Waals surface area (Å²) in [5.74, 6) is 0.416. The van der Waals surface area contributed by atoms with Gasteiger partial charge in [-0.1, -0.05) is 6.07 Å². The highest BCUT2D eigenvalue weighted by atomic mass is 32.2. The van der Waals surface area contributed by atoms with Crippen LogP contribution in [-0.2, 0) is 16.4 Å². The van der Waals surface area contributed by atoms with Crippen molar-refractivity contribution in [1.82, 2.24) is 24.2 Å². The second-order valence-electron chi connectivity index (χ2n) is 6.75. The van der Waals surface area contributed by atoms with Crippen LogP contribution in [0.2, 0.25) is 0 Å². The Labute approximate surface area is 164 Å². The van der Waals surface area contributed by atoms with Gasteiger partial charge in [-0.15, -0.1) is 10.2 Å². The van der Waals surface area contributed by atoms with Crippen LogP contribution < -0.4 is 5.32 Å². The van der Waals surface area contributed by atoms with Crippen LogP contribution >= 0.6 is 0 Å². The van der Waals surface area contributed by atoms with E-state index in [1.807, 2.05) is 28.8 Å². The van der Waals surface area contributed by atoms with Gasteiger partial charge in [0.1, 0.15) is 5.82 Å². The van der Waals surface area contributed by atoms with Gasteiger partial charge in [-0.05, 0) is 49.2 Å². The topological polar surface area (TPSA) is 96.7 Å². The van der Waals surface area contributed by atoms with Crippen molar-refractivity contribution in [1.29, 1.82) is 0 Å². The van der Waals surface area contributed by atoms with Crippen LogP contribution in [-0.4, -0.2) is 53.9 Å². The van der Waals surface area contributed by atoms with Gasteiger partial charge in [0.05, 0.1) is 4.90 Å². The third kappa shape index (κ3) is 3.76. The van der Waals surface area contributed by atoms with Crippen LogP contribution in [0.1, 0.15) is 27.3 Å². The van der Waals surface area contributed by atoms with E-state index < -0.39 is 10.0 Å². The number of nitrogens with one attached hydrogen (secondary N) is 1. The molecule has 1 amide bonds. The monoisotopic (exact) mass is 401 g/mol. The van der Waals surface area contributed by atoms with Gasteiger partial charge < -0.3 is 5.32 Å². The van der Waals surface area contributed by atoms with E-state index in [9.17, 15) is 13.2 Å². The van der Waals surface area contributed by atoms with Crippen LogP contribution in [0.4, 0.5) is 0 Å². The molecule has 0 aliphatic heterocycles. The van der Waals surface area contributed by atoms with Gasteiger partial charge in [0.15, 0.2) is 5.65 Å². The van der Waals surface area contributed by atoms with Crippen molar-refractivity contribution in [3.05, 3.63) is 59.0 Å². The van der Waals surface area contributed by atoms with Crippen molar-refractivity contribution in [2.75, 3.05) is 20.6 Å². The number of carbonyl (C=O) groups is 1. The molecule has 9 heteroatoms. The number of sulfonamides is 1. The maximum atomic E-state index is 12.6. The molecular weight excluding hydrogens is 378 g/mol. The zero-order chi connectivity index (χ0) is 20.5. The average Bonchev–Trinajstić information content (AvgIpc) is 3.06. The summed E-state index contributed by atoms with van der Waals surface area (Å²) in [6, 6.07) is 8.76. The second-order valence-corrected chi connectivity index (χ2v) is 8.87. The molecular formula is C19H23N5O3S. The van der Waals surface area contributed by atoms with Crippen LogP contribution in [0, 0.1) is 13.8 Å². The first-order valence-electron chi connectivity index (χ1n) is 8.82. The molecule has 0 aliphatic carbocycles. The number of carbonyl (C=O) groups excluding carboxylic acids is 1. The summed E-state index contributed by atoms with van der Waals surface area (Å²) in [6.45, 7) is 3.89. The normalized spacial score (nSPS) is 11.9. The Morgan fingerprint density at radius 1 is 1.18 bits per heavy atom. The molecule has 28 heavy (non-hydrogen) atoms. The van der Waals surface area contributed by atoms with Crippen molar-refractivity contribution < 1.29 is 13.2 Å². The van der Waals surface area contributed by atoms with E-state index in [0.717, 1.165) is 21.3 Å². The van der Waals surface area contributed by atoms with Crippen molar-refractivity contribution in [2.45, 2.75) is 25.2 Å². The predicted molar refractivity (Wildman–Crippen MR) is 106 cm³/mol. The highest BCUT2D eigenvalue weighted by Crippen LogP contribution is 2.23. The summed E-state index contributed by atoms with van der Waals surface area (Å²) < 4.78 is 28.1. The molecule has 0 fully saturated rings. The van der Waals surface area contributed by atoms with E-state index in [0.29, 0.717) is 24.1 Å². The van der Waals surface area contributed by atoms with E-state index in [2.05, 4.69) is 15.5 Å². The SMILES string of the molecule is Cc1cc(C(=O)NCCc2nnc3ccccn23)cc(S(=O)(=O)N(C)C)c1C. The molecule has 0 atom stereocenters. The third-order valence-electron chi connectivity index (χ3n) is 4.66. The molecule has 0 aliphatic rings. The summed E-state index contributed by atoms with van der Waals surface area (Å²) >= 11 is 0. The van der Waals surface area contributed by atoms with Gasteiger partial charge >= 0.3 is 0 Å². The average molecular weight is 401 g/mol. The summed E-state index contributed by atoms with van der Waals surface area (Å²) in [5, 5.41) is 11.0. The Balaban J connectivity index is 1.77. The number of hydrogen-bond donors (Lipinski definition) is 1. The first kappa shape index (κ1) is 20.0. The first-order valence-corrected chi connectivity index (χ1v) is 10.3. The zero-order valence-corrected chi connectivity index (χ0v) is 17.1. The lowest BCUT2D eigenvalue weighted by molar-refractivity contribution is 0.0953. The number of fused-ring (bicyclic) bond motifs is 1. The Bertz CT molecular complexity index is 1140. The van der Waals surface area contributed by atoms with E-state index in [4.69, 9.17) is 0 Å². The quantitative estimate of drug-likeness (QED) is 0.676. The third-order valence-corrected chi connectivity index (χ3v) is 6.60. The fourth-order valence-electron chi connectivity index (χ4n) is 2.87. The molecule has 3 rings (SSSR count). The largest absolute Gasteiger partial charge is 0.352 e. The van der Waals surface area contributed by atoms with Gasteiger partial charge in [-0.25, -0.2) is 12.7 Å². The molecule has 2 aromatic heterocycles. The predicted octanol–water partition coefficient (Wildman–Crippen LogP) is 1.57. The van der Waals surface area contributed by atoms with Crippen LogP contribution in [0.3, 0.4) is 0 Å². The number of pyridine rings is 1. The van der Waals surface area contributed by atoms with E-state index in [-0.39, 0.29) is 10.8 Å². The van der Waals surface area contributed by atoms with Crippen LogP contribution in [0.5, 0.6) is 0 Å². The summed E-state index contributed by atoms with van der Waals surface area (Å²) in [5.41, 5.74) is 2.45.